The second-order valence-corrected chi connectivity index (χ2v) is 6.99. The van der Waals surface area contributed by atoms with Crippen molar-refractivity contribution < 1.29 is 4.74 Å². The molecule has 6 nitrogen and oxygen atoms in total. The Morgan fingerprint density at radius 2 is 1.96 bits per heavy atom. The number of thioether (sulfide) groups is 1. The summed E-state index contributed by atoms with van der Waals surface area (Å²) in [5.74, 6) is 1.38. The standard InChI is InChI=1S/C15H14ClN5OS2/c1-8-4-9(6-10(5-8)22-2)13-19-15(21-20-13)24-12-7-11(16)17-14(18-12)23-3/h4-7H,1-3H3,(H,19,20,21). The number of H-pyrrole nitrogens is 1. The molecule has 3 aromatic rings. The van der Waals surface area contributed by atoms with E-state index in [-0.39, 0.29) is 0 Å². The molecule has 0 radical (unpaired) electrons. The predicted octanol–water partition coefficient (Wildman–Crippen LogP) is 4.11. The fourth-order valence-corrected chi connectivity index (χ4v) is 3.50. The van der Waals surface area contributed by atoms with E-state index in [1.807, 2.05) is 31.4 Å². The van der Waals surface area contributed by atoms with Crippen LogP contribution in [0.4, 0.5) is 0 Å². The summed E-state index contributed by atoms with van der Waals surface area (Å²) in [7, 11) is 1.64. The Hall–Kier alpha value is -1.77. The number of nitrogens with zero attached hydrogens (tertiary/aromatic N) is 4. The molecule has 2 aromatic heterocycles. The summed E-state index contributed by atoms with van der Waals surface area (Å²) in [6, 6.07) is 7.56. The molecule has 2 heterocycles. The number of hydrogen-bond acceptors (Lipinski definition) is 7. The summed E-state index contributed by atoms with van der Waals surface area (Å²) in [6.45, 7) is 2.00. The maximum Gasteiger partial charge on any atom is 0.190 e. The number of aromatic nitrogens is 5. The van der Waals surface area contributed by atoms with Crippen LogP contribution >= 0.6 is 35.1 Å². The topological polar surface area (TPSA) is 76.6 Å². The SMILES string of the molecule is COc1cc(C)cc(-c2n[nH]c(Sc3cc(Cl)nc(SC)n3)n2)c1. The van der Waals surface area contributed by atoms with Crippen molar-refractivity contribution in [1.82, 2.24) is 25.1 Å². The van der Waals surface area contributed by atoms with Gasteiger partial charge in [-0.1, -0.05) is 23.4 Å². The van der Waals surface area contributed by atoms with Crippen molar-refractivity contribution in [1.29, 1.82) is 0 Å². The molecule has 0 fully saturated rings. The molecular formula is C15H14ClN5OS2. The van der Waals surface area contributed by atoms with Crippen LogP contribution in [0.15, 0.2) is 39.6 Å². The number of benzene rings is 1. The van der Waals surface area contributed by atoms with Crippen LogP contribution < -0.4 is 4.74 Å². The number of aromatic amines is 1. The van der Waals surface area contributed by atoms with Crippen LogP contribution in [0.25, 0.3) is 11.4 Å². The smallest absolute Gasteiger partial charge is 0.190 e. The van der Waals surface area contributed by atoms with Gasteiger partial charge in [0.15, 0.2) is 16.1 Å². The number of methoxy groups -OCH3 is 1. The maximum absolute atomic E-state index is 6.01. The van der Waals surface area contributed by atoms with Gasteiger partial charge in [-0.15, -0.1) is 0 Å². The molecule has 1 aromatic carbocycles. The molecule has 24 heavy (non-hydrogen) atoms. The number of hydrogen-bond donors (Lipinski definition) is 1. The molecule has 0 unspecified atom stereocenters. The summed E-state index contributed by atoms with van der Waals surface area (Å²) in [4.78, 5) is 13.0. The van der Waals surface area contributed by atoms with E-state index < -0.39 is 0 Å². The first-order chi connectivity index (χ1) is 11.6. The molecule has 0 bridgehead atoms. The van der Waals surface area contributed by atoms with Gasteiger partial charge < -0.3 is 4.74 Å². The molecule has 3 rings (SSSR count). The average Bonchev–Trinajstić information content (AvgIpc) is 3.02. The molecular weight excluding hydrogens is 366 g/mol. The van der Waals surface area contributed by atoms with Crippen LogP contribution in [0.5, 0.6) is 5.75 Å². The molecule has 0 saturated carbocycles. The van der Waals surface area contributed by atoms with Gasteiger partial charge in [-0.2, -0.15) is 5.10 Å². The zero-order chi connectivity index (χ0) is 17.1. The lowest BCUT2D eigenvalue weighted by atomic mass is 10.1. The van der Waals surface area contributed by atoms with E-state index in [1.165, 1.54) is 23.5 Å². The molecule has 0 aliphatic heterocycles. The number of rotatable bonds is 5. The highest BCUT2D eigenvalue weighted by Crippen LogP contribution is 2.29. The molecule has 9 heteroatoms. The van der Waals surface area contributed by atoms with Crippen LogP contribution in [0.3, 0.4) is 0 Å². The third kappa shape index (κ3) is 4.00. The monoisotopic (exact) mass is 379 g/mol. The molecule has 0 spiro atoms. The highest BCUT2D eigenvalue weighted by atomic mass is 35.5. The minimum Gasteiger partial charge on any atom is -0.497 e. The van der Waals surface area contributed by atoms with Crippen molar-refractivity contribution in [2.24, 2.45) is 0 Å². The van der Waals surface area contributed by atoms with Crippen molar-refractivity contribution in [2.75, 3.05) is 13.4 Å². The van der Waals surface area contributed by atoms with Crippen LogP contribution in [0.2, 0.25) is 5.15 Å². The molecule has 0 atom stereocenters. The normalized spacial score (nSPS) is 10.8. The zero-order valence-corrected chi connectivity index (χ0v) is 15.6. The van der Waals surface area contributed by atoms with Crippen molar-refractivity contribution in [2.45, 2.75) is 22.3 Å². The van der Waals surface area contributed by atoms with E-state index in [2.05, 4.69) is 25.1 Å². The summed E-state index contributed by atoms with van der Waals surface area (Å²) < 4.78 is 5.29. The highest BCUT2D eigenvalue weighted by molar-refractivity contribution is 7.99. The van der Waals surface area contributed by atoms with Crippen molar-refractivity contribution in [3.05, 3.63) is 35.0 Å². The second-order valence-electron chi connectivity index (χ2n) is 4.82. The van der Waals surface area contributed by atoms with E-state index in [1.54, 1.807) is 13.2 Å². The Bertz CT molecular complexity index is 871. The third-order valence-electron chi connectivity index (χ3n) is 3.04. The highest BCUT2D eigenvalue weighted by Gasteiger charge is 2.11. The Labute approximate surface area is 152 Å². The fraction of sp³-hybridized carbons (Fsp3) is 0.200. The van der Waals surface area contributed by atoms with Crippen molar-refractivity contribution in [3.8, 4) is 17.1 Å². The van der Waals surface area contributed by atoms with Crippen LogP contribution in [-0.2, 0) is 0 Å². The molecule has 0 aliphatic carbocycles. The van der Waals surface area contributed by atoms with E-state index >= 15 is 0 Å². The van der Waals surface area contributed by atoms with Gasteiger partial charge in [-0.3, -0.25) is 5.10 Å². The van der Waals surface area contributed by atoms with Gasteiger partial charge >= 0.3 is 0 Å². The largest absolute Gasteiger partial charge is 0.497 e. The van der Waals surface area contributed by atoms with Crippen LogP contribution in [-0.4, -0.2) is 38.5 Å². The van der Waals surface area contributed by atoms with E-state index in [0.717, 1.165) is 16.9 Å². The molecule has 0 saturated heterocycles. The van der Waals surface area contributed by atoms with E-state index in [9.17, 15) is 0 Å². The summed E-state index contributed by atoms with van der Waals surface area (Å²) >= 11 is 8.80. The minimum atomic E-state index is 0.403. The summed E-state index contributed by atoms with van der Waals surface area (Å²) in [5.41, 5.74) is 1.97. The van der Waals surface area contributed by atoms with Gasteiger partial charge in [0.25, 0.3) is 0 Å². The maximum atomic E-state index is 6.01. The molecule has 124 valence electrons. The Morgan fingerprint density at radius 3 is 2.71 bits per heavy atom. The van der Waals surface area contributed by atoms with Crippen LogP contribution in [0.1, 0.15) is 5.56 Å². The summed E-state index contributed by atoms with van der Waals surface area (Å²) in [6.07, 6.45) is 1.90. The lowest BCUT2D eigenvalue weighted by Gasteiger charge is -2.03. The van der Waals surface area contributed by atoms with Gasteiger partial charge in [-0.25, -0.2) is 15.0 Å². The second kappa shape index (κ2) is 7.42. The number of halogens is 1. The van der Waals surface area contributed by atoms with Crippen molar-refractivity contribution in [3.63, 3.8) is 0 Å². The Balaban J connectivity index is 1.86. The Kier molecular flexibility index (Phi) is 5.27. The third-order valence-corrected chi connectivity index (χ3v) is 4.58. The summed E-state index contributed by atoms with van der Waals surface area (Å²) in [5, 5.41) is 9.55. The predicted molar refractivity (Wildman–Crippen MR) is 96.1 cm³/mol. The lowest BCUT2D eigenvalue weighted by molar-refractivity contribution is 0.414. The molecule has 1 N–H and O–H groups in total. The quantitative estimate of drug-likeness (QED) is 0.406. The van der Waals surface area contributed by atoms with Gasteiger partial charge in [0.05, 0.1) is 7.11 Å². The van der Waals surface area contributed by atoms with Gasteiger partial charge in [-0.05, 0) is 48.7 Å². The minimum absolute atomic E-state index is 0.403. The fourth-order valence-electron chi connectivity index (χ4n) is 2.04. The van der Waals surface area contributed by atoms with E-state index in [4.69, 9.17) is 16.3 Å². The lowest BCUT2D eigenvalue weighted by Crippen LogP contribution is -1.89. The van der Waals surface area contributed by atoms with Gasteiger partial charge in [0, 0.05) is 11.6 Å². The number of nitrogens with one attached hydrogen (secondary N) is 1. The first-order valence-electron chi connectivity index (χ1n) is 6.92. The number of ether oxygens (including phenoxy) is 1. The number of aryl methyl sites for hydroxylation is 1. The van der Waals surface area contributed by atoms with E-state index in [0.29, 0.717) is 26.3 Å². The van der Waals surface area contributed by atoms with Gasteiger partial charge in [0.2, 0.25) is 0 Å². The zero-order valence-electron chi connectivity index (χ0n) is 13.2. The molecule has 0 aliphatic rings. The van der Waals surface area contributed by atoms with Crippen molar-refractivity contribution >= 4 is 35.1 Å². The molecule has 0 amide bonds. The Morgan fingerprint density at radius 1 is 1.12 bits per heavy atom. The average molecular weight is 380 g/mol. The van der Waals surface area contributed by atoms with Crippen LogP contribution in [0, 0.1) is 6.92 Å². The first-order valence-corrected chi connectivity index (χ1v) is 9.34. The first kappa shape index (κ1) is 17.1. The van der Waals surface area contributed by atoms with Gasteiger partial charge in [0.1, 0.15) is 15.9 Å².